The Bertz CT molecular complexity index is 472. The molecule has 0 aromatic carbocycles. The van der Waals surface area contributed by atoms with Crippen LogP contribution in [0.3, 0.4) is 0 Å². The fraction of sp³-hybridized carbons (Fsp3) is 0.222. The molecule has 1 unspecified atom stereocenters. The molecule has 2 rings (SSSR count). The van der Waals surface area contributed by atoms with Crippen LogP contribution in [-0.2, 0) is 0 Å². The molecule has 0 N–H and O–H groups in total. The summed E-state index contributed by atoms with van der Waals surface area (Å²) in [5.41, 5.74) is 0.807. The van der Waals surface area contributed by atoms with Crippen molar-refractivity contribution in [1.82, 2.24) is 15.2 Å². The van der Waals surface area contributed by atoms with Crippen LogP contribution < -0.4 is 0 Å². The number of halogens is 2. The van der Waals surface area contributed by atoms with Gasteiger partial charge in [-0.05, 0) is 28.9 Å². The summed E-state index contributed by atoms with van der Waals surface area (Å²) in [6.45, 7) is 1.78. The lowest BCUT2D eigenvalue weighted by Crippen LogP contribution is -1.82. The Morgan fingerprint density at radius 1 is 1.47 bits per heavy atom. The van der Waals surface area contributed by atoms with Crippen LogP contribution in [0.2, 0.25) is 0 Å². The van der Waals surface area contributed by atoms with Gasteiger partial charge in [0, 0.05) is 16.9 Å². The van der Waals surface area contributed by atoms with Crippen molar-refractivity contribution in [2.24, 2.45) is 0 Å². The van der Waals surface area contributed by atoms with Gasteiger partial charge in [-0.1, -0.05) is 0 Å². The molecule has 6 heteroatoms. The number of hydrogen-bond donors (Lipinski definition) is 0. The Balaban J connectivity index is 2.42. The lowest BCUT2D eigenvalue weighted by Gasteiger charge is -1.97. The highest BCUT2D eigenvalue weighted by atomic mass is 79.9. The fourth-order valence-electron chi connectivity index (χ4n) is 1.05. The predicted octanol–water partition coefficient (Wildman–Crippen LogP) is 3.19. The Morgan fingerprint density at radius 2 is 2.27 bits per heavy atom. The van der Waals surface area contributed by atoms with Crippen LogP contribution in [0.25, 0.3) is 11.5 Å². The van der Waals surface area contributed by atoms with Crippen LogP contribution in [-0.4, -0.2) is 15.2 Å². The molecule has 0 aliphatic carbocycles. The first kappa shape index (κ1) is 10.6. The molecule has 0 aliphatic heterocycles. The van der Waals surface area contributed by atoms with Gasteiger partial charge in [0.15, 0.2) is 0 Å². The zero-order chi connectivity index (χ0) is 10.8. The number of pyridine rings is 1. The van der Waals surface area contributed by atoms with Crippen molar-refractivity contribution in [3.8, 4) is 11.5 Å². The van der Waals surface area contributed by atoms with Gasteiger partial charge in [0.25, 0.3) is 0 Å². The van der Waals surface area contributed by atoms with E-state index in [4.69, 9.17) is 16.0 Å². The highest BCUT2D eigenvalue weighted by Crippen LogP contribution is 2.28. The van der Waals surface area contributed by atoms with Gasteiger partial charge in [0.1, 0.15) is 5.38 Å². The molecular weight excluding hydrogens is 281 g/mol. The number of alkyl halides is 1. The quantitative estimate of drug-likeness (QED) is 0.796. The summed E-state index contributed by atoms with van der Waals surface area (Å²) in [6, 6.07) is 1.79. The molecule has 1 atom stereocenters. The Hall–Kier alpha value is -0.940. The monoisotopic (exact) mass is 287 g/mol. The van der Waals surface area contributed by atoms with E-state index in [1.54, 1.807) is 25.4 Å². The topological polar surface area (TPSA) is 51.8 Å². The lowest BCUT2D eigenvalue weighted by molar-refractivity contribution is 0.507. The first-order valence-electron chi connectivity index (χ1n) is 4.26. The van der Waals surface area contributed by atoms with Crippen molar-refractivity contribution in [2.75, 3.05) is 0 Å². The van der Waals surface area contributed by atoms with Gasteiger partial charge in [0.2, 0.25) is 11.8 Å². The smallest absolute Gasteiger partial charge is 0.249 e. The molecule has 78 valence electrons. The van der Waals surface area contributed by atoms with Crippen molar-refractivity contribution in [3.63, 3.8) is 0 Å². The Labute approximate surface area is 99.8 Å². The minimum atomic E-state index is -0.285. The minimum absolute atomic E-state index is 0.285. The van der Waals surface area contributed by atoms with Crippen molar-refractivity contribution in [3.05, 3.63) is 28.8 Å². The molecular formula is C9H7BrClN3O. The normalized spacial score (nSPS) is 12.7. The SMILES string of the molecule is CC(Cl)c1nnc(-c2ccncc2Br)o1. The average molecular weight is 289 g/mol. The van der Waals surface area contributed by atoms with Crippen LogP contribution in [0.1, 0.15) is 18.2 Å². The van der Waals surface area contributed by atoms with Gasteiger partial charge in [-0.25, -0.2) is 0 Å². The van der Waals surface area contributed by atoms with E-state index in [2.05, 4.69) is 31.1 Å². The van der Waals surface area contributed by atoms with E-state index >= 15 is 0 Å². The van der Waals surface area contributed by atoms with Crippen LogP contribution in [0.4, 0.5) is 0 Å². The molecule has 0 radical (unpaired) electrons. The van der Waals surface area contributed by atoms with Gasteiger partial charge in [-0.15, -0.1) is 21.8 Å². The summed E-state index contributed by atoms with van der Waals surface area (Å²) >= 11 is 9.18. The third-order valence-corrected chi connectivity index (χ3v) is 2.60. The predicted molar refractivity (Wildman–Crippen MR) is 59.5 cm³/mol. The van der Waals surface area contributed by atoms with Crippen molar-refractivity contribution in [2.45, 2.75) is 12.3 Å². The number of hydrogen-bond acceptors (Lipinski definition) is 4. The summed E-state index contributed by atoms with van der Waals surface area (Å²) in [4.78, 5) is 3.95. The third kappa shape index (κ3) is 2.18. The van der Waals surface area contributed by atoms with E-state index in [1.807, 2.05) is 0 Å². The third-order valence-electron chi connectivity index (χ3n) is 1.78. The molecule has 0 saturated heterocycles. The summed E-state index contributed by atoms with van der Waals surface area (Å²) < 4.78 is 6.21. The second kappa shape index (κ2) is 4.28. The van der Waals surface area contributed by atoms with E-state index in [1.165, 1.54) is 0 Å². The van der Waals surface area contributed by atoms with Crippen molar-refractivity contribution in [1.29, 1.82) is 0 Å². The van der Waals surface area contributed by atoms with Gasteiger partial charge < -0.3 is 4.42 Å². The molecule has 15 heavy (non-hydrogen) atoms. The molecule has 2 aromatic rings. The average Bonchev–Trinajstić information content (AvgIpc) is 2.67. The second-order valence-electron chi connectivity index (χ2n) is 2.92. The number of rotatable bonds is 2. The van der Waals surface area contributed by atoms with Gasteiger partial charge >= 0.3 is 0 Å². The molecule has 0 spiro atoms. The zero-order valence-electron chi connectivity index (χ0n) is 7.82. The van der Waals surface area contributed by atoms with Crippen LogP contribution in [0.15, 0.2) is 27.3 Å². The summed E-state index contributed by atoms with van der Waals surface area (Å²) in [5.74, 6) is 0.849. The Kier molecular flexibility index (Phi) is 3.02. The zero-order valence-corrected chi connectivity index (χ0v) is 10.2. The molecule has 0 saturated carbocycles. The minimum Gasteiger partial charge on any atom is -0.419 e. The molecule has 2 heterocycles. The van der Waals surface area contributed by atoms with E-state index < -0.39 is 0 Å². The first-order chi connectivity index (χ1) is 7.18. The first-order valence-corrected chi connectivity index (χ1v) is 5.49. The van der Waals surface area contributed by atoms with Crippen LogP contribution in [0.5, 0.6) is 0 Å². The number of aromatic nitrogens is 3. The standard InChI is InChI=1S/C9H7BrClN3O/c1-5(11)8-13-14-9(15-8)6-2-3-12-4-7(6)10/h2-5H,1H3. The molecule has 2 aromatic heterocycles. The van der Waals surface area contributed by atoms with E-state index in [0.29, 0.717) is 11.8 Å². The van der Waals surface area contributed by atoms with E-state index in [0.717, 1.165) is 10.0 Å². The molecule has 0 fully saturated rings. The lowest BCUT2D eigenvalue weighted by atomic mass is 10.3. The second-order valence-corrected chi connectivity index (χ2v) is 4.43. The van der Waals surface area contributed by atoms with E-state index in [-0.39, 0.29) is 5.38 Å². The highest BCUT2D eigenvalue weighted by Gasteiger charge is 2.14. The fourth-order valence-corrected chi connectivity index (χ4v) is 1.56. The van der Waals surface area contributed by atoms with Gasteiger partial charge in [0.05, 0.1) is 5.56 Å². The molecule has 0 aliphatic rings. The maximum absolute atomic E-state index is 5.82. The van der Waals surface area contributed by atoms with Gasteiger partial charge in [-0.2, -0.15) is 0 Å². The van der Waals surface area contributed by atoms with Crippen LogP contribution in [0, 0.1) is 0 Å². The highest BCUT2D eigenvalue weighted by molar-refractivity contribution is 9.10. The molecule has 4 nitrogen and oxygen atoms in total. The maximum atomic E-state index is 5.82. The van der Waals surface area contributed by atoms with Crippen LogP contribution >= 0.6 is 27.5 Å². The largest absolute Gasteiger partial charge is 0.419 e. The van der Waals surface area contributed by atoms with Crippen molar-refractivity contribution >= 4 is 27.5 Å². The Morgan fingerprint density at radius 3 is 2.87 bits per heavy atom. The maximum Gasteiger partial charge on any atom is 0.249 e. The summed E-state index contributed by atoms with van der Waals surface area (Å²) in [7, 11) is 0. The van der Waals surface area contributed by atoms with Gasteiger partial charge in [-0.3, -0.25) is 4.98 Å². The molecule has 0 amide bonds. The number of nitrogens with zero attached hydrogens (tertiary/aromatic N) is 3. The summed E-state index contributed by atoms with van der Waals surface area (Å²) in [6.07, 6.45) is 3.33. The molecule has 0 bridgehead atoms. The summed E-state index contributed by atoms with van der Waals surface area (Å²) in [5, 5.41) is 7.47. The van der Waals surface area contributed by atoms with E-state index in [9.17, 15) is 0 Å². The van der Waals surface area contributed by atoms with Crippen molar-refractivity contribution < 1.29 is 4.42 Å².